The number of rotatable bonds is 3. The van der Waals surface area contributed by atoms with Crippen LogP contribution in [0.5, 0.6) is 0 Å². The highest BCUT2D eigenvalue weighted by Gasteiger charge is 1.81. The van der Waals surface area contributed by atoms with Gasteiger partial charge in [0, 0.05) is 0 Å². The highest BCUT2D eigenvalue weighted by molar-refractivity contribution is 5.20. The van der Waals surface area contributed by atoms with E-state index in [1.54, 1.807) is 12.2 Å². The second-order valence-electron chi connectivity index (χ2n) is 1.62. The Bertz CT molecular complexity index is 132. The van der Waals surface area contributed by atoms with Crippen molar-refractivity contribution in [3.05, 3.63) is 36.5 Å². The summed E-state index contributed by atoms with van der Waals surface area (Å²) in [4.78, 5) is 0. The van der Waals surface area contributed by atoms with Crippen molar-refractivity contribution in [2.24, 2.45) is 0 Å². The van der Waals surface area contributed by atoms with Gasteiger partial charge in [-0.05, 0) is 12.5 Å². The van der Waals surface area contributed by atoms with E-state index < -0.39 is 0 Å². The van der Waals surface area contributed by atoms with Gasteiger partial charge in [0.15, 0.2) is 0 Å². The number of aliphatic hydroxyl groups is 1. The molecule has 0 radical (unpaired) electrons. The highest BCUT2D eigenvalue weighted by atomic mass is 16.3. The zero-order chi connectivity index (χ0) is 9.11. The summed E-state index contributed by atoms with van der Waals surface area (Å²) in [5, 5.41) is 8.60. The molecule has 0 aromatic heterocycles. The molecular formula is C10H18O. The van der Waals surface area contributed by atoms with E-state index in [-0.39, 0.29) is 6.61 Å². The normalized spacial score (nSPS) is 10.7. The minimum absolute atomic E-state index is 0.0981. The summed E-state index contributed by atoms with van der Waals surface area (Å²) < 4.78 is 0. The minimum atomic E-state index is 0.0981. The molecule has 0 aliphatic rings. The zero-order valence-electron chi connectivity index (χ0n) is 7.67. The van der Waals surface area contributed by atoms with Crippen LogP contribution in [-0.2, 0) is 0 Å². The number of hydrogen-bond acceptors (Lipinski definition) is 1. The van der Waals surface area contributed by atoms with Crippen LogP contribution in [0.2, 0.25) is 0 Å². The molecule has 0 rings (SSSR count). The Morgan fingerprint density at radius 2 is 2.00 bits per heavy atom. The van der Waals surface area contributed by atoms with Crippen molar-refractivity contribution in [2.75, 3.05) is 6.61 Å². The molecule has 0 bridgehead atoms. The third-order valence-corrected chi connectivity index (χ3v) is 1.000. The molecular weight excluding hydrogens is 136 g/mol. The lowest BCUT2D eigenvalue weighted by atomic mass is 10.2. The van der Waals surface area contributed by atoms with Crippen LogP contribution in [0.15, 0.2) is 36.5 Å². The molecule has 0 fully saturated rings. The standard InChI is InChI=1S/C8H12O.C2H6/c1-3-5-6-8(4-2)7-9;1-2/h3-6,9H,1,7H2,2H3;1-2H3/b6-5-,8-4+;. The molecule has 0 spiro atoms. The van der Waals surface area contributed by atoms with E-state index >= 15 is 0 Å². The van der Waals surface area contributed by atoms with Crippen molar-refractivity contribution in [1.82, 2.24) is 0 Å². The third kappa shape index (κ3) is 9.18. The van der Waals surface area contributed by atoms with Gasteiger partial charge in [-0.2, -0.15) is 0 Å². The second-order valence-corrected chi connectivity index (χ2v) is 1.62. The number of allylic oxidation sites excluding steroid dienone is 3. The van der Waals surface area contributed by atoms with Gasteiger partial charge in [-0.1, -0.05) is 44.7 Å². The van der Waals surface area contributed by atoms with Crippen LogP contribution in [0.3, 0.4) is 0 Å². The van der Waals surface area contributed by atoms with Gasteiger partial charge in [0.1, 0.15) is 0 Å². The maximum absolute atomic E-state index is 8.60. The zero-order valence-corrected chi connectivity index (χ0v) is 7.67. The molecule has 1 nitrogen and oxygen atoms in total. The van der Waals surface area contributed by atoms with Crippen LogP contribution in [0, 0.1) is 0 Å². The lowest BCUT2D eigenvalue weighted by molar-refractivity contribution is 0.335. The van der Waals surface area contributed by atoms with Gasteiger partial charge in [0.25, 0.3) is 0 Å². The van der Waals surface area contributed by atoms with E-state index in [2.05, 4.69) is 6.58 Å². The van der Waals surface area contributed by atoms with Crippen molar-refractivity contribution >= 4 is 0 Å². The Morgan fingerprint density at radius 1 is 1.45 bits per heavy atom. The number of aliphatic hydroxyl groups excluding tert-OH is 1. The molecule has 0 aliphatic carbocycles. The maximum Gasteiger partial charge on any atom is 0.0678 e. The largest absolute Gasteiger partial charge is 0.392 e. The quantitative estimate of drug-likeness (QED) is 0.620. The summed E-state index contributed by atoms with van der Waals surface area (Å²) in [6.07, 6.45) is 7.16. The first-order valence-electron chi connectivity index (χ1n) is 3.90. The Balaban J connectivity index is 0. The minimum Gasteiger partial charge on any atom is -0.392 e. The predicted molar refractivity (Wildman–Crippen MR) is 51.5 cm³/mol. The van der Waals surface area contributed by atoms with Gasteiger partial charge >= 0.3 is 0 Å². The summed E-state index contributed by atoms with van der Waals surface area (Å²) in [6.45, 7) is 9.49. The summed E-state index contributed by atoms with van der Waals surface area (Å²) in [6, 6.07) is 0. The van der Waals surface area contributed by atoms with E-state index in [9.17, 15) is 0 Å². The van der Waals surface area contributed by atoms with E-state index in [1.165, 1.54) is 0 Å². The summed E-state index contributed by atoms with van der Waals surface area (Å²) in [5.74, 6) is 0. The first kappa shape index (κ1) is 12.8. The predicted octanol–water partition coefficient (Wildman–Crippen LogP) is 2.69. The molecule has 0 amide bonds. The molecule has 0 saturated heterocycles. The van der Waals surface area contributed by atoms with Crippen LogP contribution in [-0.4, -0.2) is 11.7 Å². The van der Waals surface area contributed by atoms with Crippen LogP contribution in [0.1, 0.15) is 20.8 Å². The lowest BCUT2D eigenvalue weighted by Crippen LogP contribution is -1.83. The van der Waals surface area contributed by atoms with Crippen molar-refractivity contribution in [3.63, 3.8) is 0 Å². The van der Waals surface area contributed by atoms with E-state index in [0.717, 1.165) is 5.57 Å². The molecule has 64 valence electrons. The van der Waals surface area contributed by atoms with Crippen LogP contribution in [0.4, 0.5) is 0 Å². The molecule has 0 aromatic carbocycles. The first-order valence-corrected chi connectivity index (χ1v) is 3.90. The fraction of sp³-hybridized carbons (Fsp3) is 0.400. The van der Waals surface area contributed by atoms with Crippen molar-refractivity contribution in [3.8, 4) is 0 Å². The molecule has 0 aliphatic heterocycles. The van der Waals surface area contributed by atoms with Gasteiger partial charge in [-0.3, -0.25) is 0 Å². The molecule has 1 heteroatoms. The first-order chi connectivity index (χ1) is 5.35. The molecule has 11 heavy (non-hydrogen) atoms. The molecule has 0 unspecified atom stereocenters. The van der Waals surface area contributed by atoms with Crippen LogP contribution in [0.25, 0.3) is 0 Å². The topological polar surface area (TPSA) is 20.2 Å². The van der Waals surface area contributed by atoms with Crippen LogP contribution >= 0.6 is 0 Å². The molecule has 1 N–H and O–H groups in total. The monoisotopic (exact) mass is 154 g/mol. The van der Waals surface area contributed by atoms with E-state index in [4.69, 9.17) is 5.11 Å². The highest BCUT2D eigenvalue weighted by Crippen LogP contribution is 1.93. The van der Waals surface area contributed by atoms with Gasteiger partial charge in [0.05, 0.1) is 6.61 Å². The maximum atomic E-state index is 8.60. The van der Waals surface area contributed by atoms with Crippen molar-refractivity contribution in [1.29, 1.82) is 0 Å². The van der Waals surface area contributed by atoms with Gasteiger partial charge in [-0.15, -0.1) is 0 Å². The second kappa shape index (κ2) is 11.9. The van der Waals surface area contributed by atoms with Gasteiger partial charge in [-0.25, -0.2) is 0 Å². The van der Waals surface area contributed by atoms with Crippen molar-refractivity contribution < 1.29 is 5.11 Å². The fourth-order valence-corrected chi connectivity index (χ4v) is 0.432. The van der Waals surface area contributed by atoms with E-state index in [1.807, 2.05) is 32.9 Å². The molecule has 0 saturated carbocycles. The van der Waals surface area contributed by atoms with Gasteiger partial charge < -0.3 is 5.11 Å². The SMILES string of the molecule is C=C/C=C\C(=C/C)CO.CC. The Hall–Kier alpha value is -0.820. The van der Waals surface area contributed by atoms with Crippen LogP contribution < -0.4 is 0 Å². The van der Waals surface area contributed by atoms with Gasteiger partial charge in [0.2, 0.25) is 0 Å². The summed E-state index contributed by atoms with van der Waals surface area (Å²) >= 11 is 0. The molecule has 0 aromatic rings. The Morgan fingerprint density at radius 3 is 2.27 bits per heavy atom. The summed E-state index contributed by atoms with van der Waals surface area (Å²) in [7, 11) is 0. The molecule has 0 atom stereocenters. The third-order valence-electron chi connectivity index (χ3n) is 1.000. The smallest absolute Gasteiger partial charge is 0.0678 e. The Kier molecular flexibility index (Phi) is 13.9. The lowest BCUT2D eigenvalue weighted by Gasteiger charge is -1.89. The number of hydrogen-bond donors (Lipinski definition) is 1. The average Bonchev–Trinajstić information content (AvgIpc) is 2.10. The fourth-order valence-electron chi connectivity index (χ4n) is 0.432. The molecule has 0 heterocycles. The average molecular weight is 154 g/mol. The Labute approximate surface area is 69.8 Å². The summed E-state index contributed by atoms with van der Waals surface area (Å²) in [5.41, 5.74) is 0.912. The van der Waals surface area contributed by atoms with E-state index in [0.29, 0.717) is 0 Å². The van der Waals surface area contributed by atoms with Crippen molar-refractivity contribution in [2.45, 2.75) is 20.8 Å².